The van der Waals surface area contributed by atoms with Gasteiger partial charge in [0.05, 0.1) is 22.7 Å². The first-order valence-electron chi connectivity index (χ1n) is 9.13. The number of ether oxygens (including phenoxy) is 1. The van der Waals surface area contributed by atoms with Gasteiger partial charge in [0.2, 0.25) is 0 Å². The highest BCUT2D eigenvalue weighted by atomic mass is 35.5. The summed E-state index contributed by atoms with van der Waals surface area (Å²) in [7, 11) is 1.67. The summed E-state index contributed by atoms with van der Waals surface area (Å²) in [5.41, 5.74) is 1.01. The number of non-ortho nitro benzene ring substituents is 1. The van der Waals surface area contributed by atoms with Crippen molar-refractivity contribution in [2.45, 2.75) is 12.8 Å². The Morgan fingerprint density at radius 3 is 2.54 bits per heavy atom. The van der Waals surface area contributed by atoms with Crippen LogP contribution in [0.15, 0.2) is 42.5 Å². The molecule has 1 aliphatic rings. The molecule has 0 unspecified atom stereocenters. The molecule has 1 amide bonds. The van der Waals surface area contributed by atoms with Crippen LogP contribution in [-0.4, -0.2) is 49.0 Å². The van der Waals surface area contributed by atoms with Gasteiger partial charge < -0.3 is 14.5 Å². The lowest BCUT2D eigenvalue weighted by Crippen LogP contribution is -2.32. The lowest BCUT2D eigenvalue weighted by atomic mass is 10.1. The summed E-state index contributed by atoms with van der Waals surface area (Å²) < 4.78 is 5.64. The van der Waals surface area contributed by atoms with Crippen molar-refractivity contribution in [3.05, 3.63) is 63.2 Å². The quantitative estimate of drug-likeness (QED) is 0.516. The van der Waals surface area contributed by atoms with Crippen molar-refractivity contribution in [3.63, 3.8) is 0 Å². The van der Waals surface area contributed by atoms with Crippen molar-refractivity contribution >= 4 is 28.9 Å². The SMILES string of the molecule is CN(CCOc1ccc(Cl)cc1)C(=O)c1cc([N+](=O)[O-])ccc1N1CCCC1. The van der Waals surface area contributed by atoms with E-state index in [4.69, 9.17) is 16.3 Å². The summed E-state index contributed by atoms with van der Waals surface area (Å²) in [5, 5.41) is 11.8. The minimum absolute atomic E-state index is 0.0860. The van der Waals surface area contributed by atoms with Crippen LogP contribution < -0.4 is 9.64 Å². The van der Waals surface area contributed by atoms with Crippen LogP contribution in [0.3, 0.4) is 0 Å². The van der Waals surface area contributed by atoms with E-state index in [1.165, 1.54) is 17.0 Å². The van der Waals surface area contributed by atoms with Gasteiger partial charge in [0.15, 0.2) is 0 Å². The summed E-state index contributed by atoms with van der Waals surface area (Å²) in [6.45, 7) is 2.35. The lowest BCUT2D eigenvalue weighted by Gasteiger charge is -2.24. The number of nitro benzene ring substituents is 1. The van der Waals surface area contributed by atoms with Crippen molar-refractivity contribution < 1.29 is 14.5 Å². The maximum Gasteiger partial charge on any atom is 0.270 e. The number of benzene rings is 2. The highest BCUT2D eigenvalue weighted by molar-refractivity contribution is 6.30. The third-order valence-electron chi connectivity index (χ3n) is 4.72. The maximum absolute atomic E-state index is 13.0. The molecule has 7 nitrogen and oxygen atoms in total. The molecular formula is C20H22ClN3O4. The molecule has 0 aliphatic carbocycles. The number of hydrogen-bond donors (Lipinski definition) is 0. The molecule has 0 atom stereocenters. The third-order valence-corrected chi connectivity index (χ3v) is 4.98. The number of carbonyl (C=O) groups excluding carboxylic acids is 1. The molecule has 3 rings (SSSR count). The smallest absolute Gasteiger partial charge is 0.270 e. The highest BCUT2D eigenvalue weighted by Crippen LogP contribution is 2.29. The molecule has 1 aliphatic heterocycles. The summed E-state index contributed by atoms with van der Waals surface area (Å²) in [4.78, 5) is 27.3. The lowest BCUT2D eigenvalue weighted by molar-refractivity contribution is -0.384. The Hall–Kier alpha value is -2.80. The van der Waals surface area contributed by atoms with Crippen molar-refractivity contribution in [2.24, 2.45) is 0 Å². The Morgan fingerprint density at radius 1 is 1.21 bits per heavy atom. The number of amides is 1. The number of halogens is 1. The average Bonchev–Trinajstić information content (AvgIpc) is 3.23. The van der Waals surface area contributed by atoms with E-state index in [1.54, 1.807) is 37.4 Å². The molecule has 8 heteroatoms. The van der Waals surface area contributed by atoms with Crippen LogP contribution in [0.25, 0.3) is 0 Å². The van der Waals surface area contributed by atoms with Crippen molar-refractivity contribution in [1.82, 2.24) is 4.90 Å². The van der Waals surface area contributed by atoms with Gasteiger partial charge in [0, 0.05) is 37.3 Å². The van der Waals surface area contributed by atoms with Gasteiger partial charge >= 0.3 is 0 Å². The first kappa shape index (κ1) is 19.9. The fourth-order valence-electron chi connectivity index (χ4n) is 3.18. The first-order chi connectivity index (χ1) is 13.5. The minimum Gasteiger partial charge on any atom is -0.492 e. The van der Waals surface area contributed by atoms with Gasteiger partial charge in [0.25, 0.3) is 11.6 Å². The Morgan fingerprint density at radius 2 is 1.89 bits per heavy atom. The van der Waals surface area contributed by atoms with E-state index in [-0.39, 0.29) is 11.6 Å². The topological polar surface area (TPSA) is 75.9 Å². The second-order valence-corrected chi connectivity index (χ2v) is 7.12. The van der Waals surface area contributed by atoms with E-state index >= 15 is 0 Å². The number of likely N-dealkylation sites (N-methyl/N-ethyl adjacent to an activating group) is 1. The number of hydrogen-bond acceptors (Lipinski definition) is 5. The van der Waals surface area contributed by atoms with Crippen LogP contribution in [0.4, 0.5) is 11.4 Å². The molecule has 0 bridgehead atoms. The average molecular weight is 404 g/mol. The van der Waals surface area contributed by atoms with Crippen LogP contribution >= 0.6 is 11.6 Å². The van der Waals surface area contributed by atoms with Gasteiger partial charge in [-0.05, 0) is 43.2 Å². The number of carbonyl (C=O) groups is 1. The molecule has 1 fully saturated rings. The molecule has 28 heavy (non-hydrogen) atoms. The normalized spacial score (nSPS) is 13.4. The summed E-state index contributed by atoms with van der Waals surface area (Å²) in [6, 6.07) is 11.5. The Kier molecular flexibility index (Phi) is 6.36. The molecular weight excluding hydrogens is 382 g/mol. The number of anilines is 1. The van der Waals surface area contributed by atoms with Crippen LogP contribution in [0.1, 0.15) is 23.2 Å². The maximum atomic E-state index is 13.0. The Labute approximate surface area is 168 Å². The van der Waals surface area contributed by atoms with Crippen molar-refractivity contribution in [3.8, 4) is 5.75 Å². The standard InChI is InChI=1S/C20H22ClN3O4/c1-22(12-13-28-17-7-4-15(21)5-8-17)20(25)18-14-16(24(26)27)6-9-19(18)23-10-2-3-11-23/h4-9,14H,2-3,10-13H2,1H3. The Bertz CT molecular complexity index is 851. The van der Waals surface area contributed by atoms with Gasteiger partial charge in [-0.2, -0.15) is 0 Å². The molecule has 0 radical (unpaired) electrons. The van der Waals surface area contributed by atoms with E-state index in [1.807, 2.05) is 0 Å². The Balaban J connectivity index is 1.71. The van der Waals surface area contributed by atoms with E-state index in [0.717, 1.165) is 31.6 Å². The largest absolute Gasteiger partial charge is 0.492 e. The zero-order valence-electron chi connectivity index (χ0n) is 15.6. The fourth-order valence-corrected chi connectivity index (χ4v) is 3.31. The van der Waals surface area contributed by atoms with Gasteiger partial charge in [0.1, 0.15) is 12.4 Å². The zero-order valence-corrected chi connectivity index (χ0v) is 16.4. The van der Waals surface area contributed by atoms with E-state index in [9.17, 15) is 14.9 Å². The summed E-state index contributed by atoms with van der Waals surface area (Å²) >= 11 is 5.85. The number of nitrogens with zero attached hydrogens (tertiary/aromatic N) is 3. The van der Waals surface area contributed by atoms with Gasteiger partial charge in [-0.1, -0.05) is 11.6 Å². The summed E-state index contributed by atoms with van der Waals surface area (Å²) in [6.07, 6.45) is 2.10. The molecule has 0 saturated carbocycles. The zero-order chi connectivity index (χ0) is 20.1. The summed E-state index contributed by atoms with van der Waals surface area (Å²) in [5.74, 6) is 0.406. The van der Waals surface area contributed by atoms with Crippen LogP contribution in [0.5, 0.6) is 5.75 Å². The van der Waals surface area contributed by atoms with Crippen LogP contribution in [0, 0.1) is 10.1 Å². The predicted octanol–water partition coefficient (Wildman–Crippen LogP) is 4.00. The molecule has 148 valence electrons. The second kappa shape index (κ2) is 8.93. The monoisotopic (exact) mass is 403 g/mol. The van der Waals surface area contributed by atoms with Crippen LogP contribution in [0.2, 0.25) is 5.02 Å². The van der Waals surface area contributed by atoms with E-state index in [2.05, 4.69) is 4.90 Å². The van der Waals surface area contributed by atoms with Crippen molar-refractivity contribution in [1.29, 1.82) is 0 Å². The molecule has 0 N–H and O–H groups in total. The second-order valence-electron chi connectivity index (χ2n) is 6.68. The molecule has 2 aromatic carbocycles. The molecule has 0 aromatic heterocycles. The first-order valence-corrected chi connectivity index (χ1v) is 9.51. The van der Waals surface area contributed by atoms with Gasteiger partial charge in [-0.3, -0.25) is 14.9 Å². The van der Waals surface area contributed by atoms with Gasteiger partial charge in [-0.25, -0.2) is 0 Å². The van der Waals surface area contributed by atoms with Crippen LogP contribution in [-0.2, 0) is 0 Å². The molecule has 1 heterocycles. The van der Waals surface area contributed by atoms with E-state index in [0.29, 0.717) is 29.5 Å². The highest BCUT2D eigenvalue weighted by Gasteiger charge is 2.24. The molecule has 2 aromatic rings. The molecule has 1 saturated heterocycles. The number of rotatable bonds is 7. The third kappa shape index (κ3) is 4.72. The predicted molar refractivity (Wildman–Crippen MR) is 108 cm³/mol. The van der Waals surface area contributed by atoms with E-state index < -0.39 is 4.92 Å². The fraction of sp³-hybridized carbons (Fsp3) is 0.350. The molecule has 0 spiro atoms. The van der Waals surface area contributed by atoms with Gasteiger partial charge in [-0.15, -0.1) is 0 Å². The minimum atomic E-state index is -0.478. The van der Waals surface area contributed by atoms with Crippen molar-refractivity contribution in [2.75, 3.05) is 38.2 Å². The number of nitro groups is 1.